The van der Waals surface area contributed by atoms with Crippen LogP contribution in [-0.2, 0) is 9.47 Å². The lowest BCUT2D eigenvalue weighted by atomic mass is 10.5. The average Bonchev–Trinajstić information content (AvgIpc) is 1.98. The number of ether oxygens (including phenoxy) is 2. The summed E-state index contributed by atoms with van der Waals surface area (Å²) in [6, 6.07) is 0. The molecule has 0 aliphatic carbocycles. The third-order valence-electron chi connectivity index (χ3n) is 0.948. The molecule has 2 heteroatoms. The van der Waals surface area contributed by atoms with E-state index in [1.807, 2.05) is 19.9 Å². The maximum atomic E-state index is 5.11. The van der Waals surface area contributed by atoms with E-state index >= 15 is 0 Å². The van der Waals surface area contributed by atoms with Crippen molar-refractivity contribution < 1.29 is 9.47 Å². The Morgan fingerprint density at radius 1 is 1.50 bits per heavy atom. The quantitative estimate of drug-likeness (QED) is 0.433. The third kappa shape index (κ3) is 4.01. The van der Waals surface area contributed by atoms with E-state index in [0.29, 0.717) is 0 Å². The van der Waals surface area contributed by atoms with Crippen LogP contribution in [0.5, 0.6) is 0 Å². The fourth-order valence-electron chi connectivity index (χ4n) is 0.498. The van der Waals surface area contributed by atoms with E-state index in [9.17, 15) is 0 Å². The lowest BCUT2D eigenvalue weighted by Gasteiger charge is -2.12. The topological polar surface area (TPSA) is 18.5 Å². The molecule has 0 bridgehead atoms. The maximum Gasteiger partial charge on any atom is 0.239 e. The molecule has 0 aliphatic heterocycles. The van der Waals surface area contributed by atoms with Gasteiger partial charge >= 0.3 is 0 Å². The second kappa shape index (κ2) is 6.20. The minimum atomic E-state index is -0.186. The molecule has 10 heavy (non-hydrogen) atoms. The van der Waals surface area contributed by atoms with Crippen molar-refractivity contribution in [3.8, 4) is 0 Å². The van der Waals surface area contributed by atoms with Crippen molar-refractivity contribution in [2.45, 2.75) is 26.6 Å². The lowest BCUT2D eigenvalue weighted by molar-refractivity contribution is -0.0623. The summed E-state index contributed by atoms with van der Waals surface area (Å²) in [7, 11) is 0. The summed E-state index contributed by atoms with van der Waals surface area (Å²) in [5, 5.41) is 0. The highest BCUT2D eigenvalue weighted by atomic mass is 16.7. The van der Waals surface area contributed by atoms with E-state index in [0.717, 1.165) is 6.42 Å². The minimum absolute atomic E-state index is 0.186. The molecule has 58 valence electrons. The first-order valence-electron chi connectivity index (χ1n) is 3.38. The van der Waals surface area contributed by atoms with Crippen LogP contribution in [-0.4, -0.2) is 6.29 Å². The zero-order chi connectivity index (χ0) is 7.82. The molecule has 2 nitrogen and oxygen atoms in total. The van der Waals surface area contributed by atoms with Gasteiger partial charge in [0.15, 0.2) is 0 Å². The van der Waals surface area contributed by atoms with Crippen molar-refractivity contribution in [2.75, 3.05) is 0 Å². The summed E-state index contributed by atoms with van der Waals surface area (Å²) in [5.41, 5.74) is 0. The van der Waals surface area contributed by atoms with Crippen LogP contribution in [0.3, 0.4) is 0 Å². The van der Waals surface area contributed by atoms with E-state index < -0.39 is 0 Å². The molecule has 0 rings (SSSR count). The monoisotopic (exact) mass is 142 g/mol. The molecule has 0 aromatic rings. The normalized spacial score (nSPS) is 13.0. The van der Waals surface area contributed by atoms with Gasteiger partial charge in [-0.15, -0.1) is 0 Å². The predicted molar refractivity (Wildman–Crippen MR) is 41.3 cm³/mol. The Bertz CT molecular complexity index is 108. The van der Waals surface area contributed by atoms with Crippen LogP contribution in [0.15, 0.2) is 25.2 Å². The van der Waals surface area contributed by atoms with E-state index in [1.165, 1.54) is 6.26 Å². The van der Waals surface area contributed by atoms with Crippen LogP contribution in [0.25, 0.3) is 0 Å². The first-order chi connectivity index (χ1) is 4.85. The van der Waals surface area contributed by atoms with E-state index in [1.54, 1.807) is 6.26 Å². The van der Waals surface area contributed by atoms with E-state index in [2.05, 4.69) is 6.58 Å². The van der Waals surface area contributed by atoms with Gasteiger partial charge in [-0.1, -0.05) is 19.6 Å². The summed E-state index contributed by atoms with van der Waals surface area (Å²) in [6.45, 7) is 7.30. The van der Waals surface area contributed by atoms with E-state index in [-0.39, 0.29) is 6.29 Å². The molecule has 0 heterocycles. The fourth-order valence-corrected chi connectivity index (χ4v) is 0.498. The van der Waals surface area contributed by atoms with Crippen LogP contribution in [0.4, 0.5) is 0 Å². The van der Waals surface area contributed by atoms with Gasteiger partial charge in [0.2, 0.25) is 6.29 Å². The van der Waals surface area contributed by atoms with Gasteiger partial charge in [0.05, 0.1) is 12.5 Å². The lowest BCUT2D eigenvalue weighted by Crippen LogP contribution is -2.09. The molecule has 0 radical (unpaired) electrons. The Morgan fingerprint density at radius 2 is 2.20 bits per heavy atom. The van der Waals surface area contributed by atoms with Crippen LogP contribution >= 0.6 is 0 Å². The number of hydrogen-bond donors (Lipinski definition) is 0. The summed E-state index contributed by atoms with van der Waals surface area (Å²) >= 11 is 0. The second-order valence-electron chi connectivity index (χ2n) is 1.75. The highest BCUT2D eigenvalue weighted by Crippen LogP contribution is 2.00. The van der Waals surface area contributed by atoms with Gasteiger partial charge in [0, 0.05) is 6.42 Å². The zero-order valence-corrected chi connectivity index (χ0v) is 6.54. The molecule has 0 fully saturated rings. The number of rotatable bonds is 5. The smallest absolute Gasteiger partial charge is 0.239 e. The molecule has 0 amide bonds. The van der Waals surface area contributed by atoms with Crippen molar-refractivity contribution in [1.82, 2.24) is 0 Å². The molecule has 0 spiro atoms. The van der Waals surface area contributed by atoms with E-state index in [4.69, 9.17) is 9.47 Å². The first kappa shape index (κ1) is 9.08. The van der Waals surface area contributed by atoms with Crippen LogP contribution in [0.2, 0.25) is 0 Å². The van der Waals surface area contributed by atoms with Crippen LogP contribution in [0.1, 0.15) is 20.3 Å². The van der Waals surface area contributed by atoms with Gasteiger partial charge in [-0.3, -0.25) is 0 Å². The highest BCUT2D eigenvalue weighted by molar-refractivity contribution is 4.66. The number of hydrogen-bond acceptors (Lipinski definition) is 2. The first-order valence-corrected chi connectivity index (χ1v) is 3.38. The molecular weight excluding hydrogens is 128 g/mol. The molecule has 0 N–H and O–H groups in total. The van der Waals surface area contributed by atoms with Gasteiger partial charge in [-0.25, -0.2) is 0 Å². The summed E-state index contributed by atoms with van der Waals surface area (Å²) in [5.74, 6) is 0. The number of allylic oxidation sites excluding steroid dienone is 1. The van der Waals surface area contributed by atoms with Crippen molar-refractivity contribution in [2.24, 2.45) is 0 Å². The predicted octanol–water partition coefficient (Wildman–Crippen LogP) is 2.43. The molecule has 1 unspecified atom stereocenters. The fraction of sp³-hybridized carbons (Fsp3) is 0.500. The highest BCUT2D eigenvalue weighted by Gasteiger charge is 2.00. The van der Waals surface area contributed by atoms with Gasteiger partial charge in [0.25, 0.3) is 0 Å². The Balaban J connectivity index is 3.48. The summed E-state index contributed by atoms with van der Waals surface area (Å²) < 4.78 is 10.1. The summed E-state index contributed by atoms with van der Waals surface area (Å²) in [4.78, 5) is 0. The molecule has 0 aromatic heterocycles. The Morgan fingerprint density at radius 3 is 2.60 bits per heavy atom. The molecule has 0 aliphatic rings. The van der Waals surface area contributed by atoms with Crippen molar-refractivity contribution in [3.05, 3.63) is 25.2 Å². The van der Waals surface area contributed by atoms with Crippen molar-refractivity contribution in [3.63, 3.8) is 0 Å². The summed E-state index contributed by atoms with van der Waals surface area (Å²) in [6.07, 6.45) is 5.44. The van der Waals surface area contributed by atoms with Gasteiger partial charge in [0.1, 0.15) is 0 Å². The molecular formula is C8H14O2. The maximum absolute atomic E-state index is 5.11. The molecule has 1 atom stereocenters. The minimum Gasteiger partial charge on any atom is -0.463 e. The molecule has 0 saturated carbocycles. The van der Waals surface area contributed by atoms with Gasteiger partial charge in [-0.05, 0) is 6.92 Å². The third-order valence-corrected chi connectivity index (χ3v) is 0.948. The standard InChI is InChI=1S/C8H14O2/c1-4-7-10-8(5-2)9-6-3/h4,6-8H,3,5H2,1-2H3/b7-4-. The van der Waals surface area contributed by atoms with Gasteiger partial charge < -0.3 is 9.47 Å². The molecule has 0 saturated heterocycles. The van der Waals surface area contributed by atoms with Crippen LogP contribution < -0.4 is 0 Å². The van der Waals surface area contributed by atoms with Crippen molar-refractivity contribution >= 4 is 0 Å². The molecule has 0 aromatic carbocycles. The Hall–Kier alpha value is -0.920. The Kier molecular flexibility index (Phi) is 5.63. The zero-order valence-electron chi connectivity index (χ0n) is 6.54. The Labute approximate surface area is 62.1 Å². The second-order valence-corrected chi connectivity index (χ2v) is 1.75. The SMILES string of the molecule is C=COC(CC)O/C=C\C. The largest absolute Gasteiger partial charge is 0.463 e. The van der Waals surface area contributed by atoms with Gasteiger partial charge in [-0.2, -0.15) is 0 Å². The van der Waals surface area contributed by atoms with Crippen LogP contribution in [0, 0.1) is 0 Å². The average molecular weight is 142 g/mol. The van der Waals surface area contributed by atoms with Crippen molar-refractivity contribution in [1.29, 1.82) is 0 Å².